The molecule has 0 atom stereocenters. The number of benzene rings is 2. The highest BCUT2D eigenvalue weighted by atomic mass is 16.5. The fraction of sp³-hybridized carbons (Fsp3) is 0.348. The lowest BCUT2D eigenvalue weighted by Gasteiger charge is -2.25. The highest BCUT2D eigenvalue weighted by molar-refractivity contribution is 5.97. The number of methoxy groups -OCH3 is 1. The molecule has 2 aromatic carbocycles. The molecule has 0 unspecified atom stereocenters. The average molecular weight is 380 g/mol. The SMILES string of the molecule is COC(C)(C)c1oc(=O)c2ccccc2c1-c1ccc(OCC2CC2)c(O)c1. The zero-order valence-corrected chi connectivity index (χ0v) is 16.3. The molecular weight excluding hydrogens is 356 g/mol. The minimum atomic E-state index is -0.824. The van der Waals surface area contributed by atoms with Crippen LogP contribution in [0.4, 0.5) is 0 Å². The molecule has 0 aliphatic heterocycles. The van der Waals surface area contributed by atoms with Crippen molar-refractivity contribution in [3.05, 3.63) is 58.6 Å². The summed E-state index contributed by atoms with van der Waals surface area (Å²) < 4.78 is 17.0. The summed E-state index contributed by atoms with van der Waals surface area (Å²) >= 11 is 0. The number of rotatable bonds is 6. The van der Waals surface area contributed by atoms with Gasteiger partial charge in [0.1, 0.15) is 11.4 Å². The molecular formula is C23H24O5. The average Bonchev–Trinajstić information content (AvgIpc) is 3.51. The molecule has 1 aliphatic rings. The Kier molecular flexibility index (Phi) is 4.63. The van der Waals surface area contributed by atoms with Gasteiger partial charge in [-0.05, 0) is 56.4 Å². The Morgan fingerprint density at radius 2 is 1.86 bits per heavy atom. The highest BCUT2D eigenvalue weighted by Gasteiger charge is 2.30. The maximum Gasteiger partial charge on any atom is 0.343 e. The molecule has 0 bridgehead atoms. The van der Waals surface area contributed by atoms with Crippen LogP contribution in [-0.2, 0) is 10.3 Å². The van der Waals surface area contributed by atoms with Crippen LogP contribution in [0.15, 0.2) is 51.7 Å². The van der Waals surface area contributed by atoms with Gasteiger partial charge >= 0.3 is 5.63 Å². The number of aromatic hydroxyl groups is 1. The van der Waals surface area contributed by atoms with Crippen LogP contribution in [0.3, 0.4) is 0 Å². The Bertz CT molecular complexity index is 1080. The molecule has 1 aliphatic carbocycles. The summed E-state index contributed by atoms with van der Waals surface area (Å²) in [6.45, 7) is 4.31. The van der Waals surface area contributed by atoms with Gasteiger partial charge in [0.15, 0.2) is 11.5 Å². The lowest BCUT2D eigenvalue weighted by molar-refractivity contribution is -0.000439. The van der Waals surface area contributed by atoms with Crippen molar-refractivity contribution < 1.29 is 19.0 Å². The Morgan fingerprint density at radius 3 is 2.50 bits per heavy atom. The van der Waals surface area contributed by atoms with E-state index in [9.17, 15) is 9.90 Å². The van der Waals surface area contributed by atoms with Gasteiger partial charge in [-0.25, -0.2) is 4.79 Å². The Balaban J connectivity index is 1.89. The Morgan fingerprint density at radius 1 is 1.14 bits per heavy atom. The predicted molar refractivity (Wildman–Crippen MR) is 108 cm³/mol. The molecule has 0 spiro atoms. The van der Waals surface area contributed by atoms with Gasteiger partial charge in [0.05, 0.1) is 12.0 Å². The van der Waals surface area contributed by atoms with Gasteiger partial charge in [-0.1, -0.05) is 24.3 Å². The second-order valence-corrected chi connectivity index (χ2v) is 7.79. The smallest absolute Gasteiger partial charge is 0.343 e. The zero-order valence-electron chi connectivity index (χ0n) is 16.3. The molecule has 0 radical (unpaired) electrons. The maximum absolute atomic E-state index is 12.5. The molecule has 3 aromatic rings. The molecule has 1 fully saturated rings. The van der Waals surface area contributed by atoms with Crippen molar-refractivity contribution >= 4 is 10.8 Å². The first-order chi connectivity index (χ1) is 13.4. The highest BCUT2D eigenvalue weighted by Crippen LogP contribution is 2.41. The number of hydrogen-bond acceptors (Lipinski definition) is 5. The number of hydrogen-bond donors (Lipinski definition) is 1. The van der Waals surface area contributed by atoms with Crippen LogP contribution < -0.4 is 10.4 Å². The van der Waals surface area contributed by atoms with Crippen molar-refractivity contribution in [2.75, 3.05) is 13.7 Å². The molecule has 1 saturated carbocycles. The second-order valence-electron chi connectivity index (χ2n) is 7.79. The van der Waals surface area contributed by atoms with E-state index in [0.29, 0.717) is 29.4 Å². The van der Waals surface area contributed by atoms with Crippen molar-refractivity contribution in [3.8, 4) is 22.6 Å². The van der Waals surface area contributed by atoms with Crippen LogP contribution in [0.25, 0.3) is 21.9 Å². The zero-order chi connectivity index (χ0) is 19.9. The first kappa shape index (κ1) is 18.6. The fourth-order valence-electron chi connectivity index (χ4n) is 3.29. The summed E-state index contributed by atoms with van der Waals surface area (Å²) in [5.41, 5.74) is 0.227. The van der Waals surface area contributed by atoms with E-state index < -0.39 is 11.2 Å². The predicted octanol–water partition coefficient (Wildman–Crippen LogP) is 4.84. The maximum atomic E-state index is 12.5. The third kappa shape index (κ3) is 3.38. The van der Waals surface area contributed by atoms with Crippen molar-refractivity contribution in [3.63, 3.8) is 0 Å². The molecule has 5 nitrogen and oxygen atoms in total. The Labute approximate surface area is 163 Å². The van der Waals surface area contributed by atoms with E-state index in [4.69, 9.17) is 13.9 Å². The van der Waals surface area contributed by atoms with Crippen molar-refractivity contribution in [2.45, 2.75) is 32.3 Å². The molecule has 1 aromatic heterocycles. The second kappa shape index (κ2) is 6.99. The van der Waals surface area contributed by atoms with E-state index in [2.05, 4.69) is 0 Å². The molecule has 4 rings (SSSR count). The van der Waals surface area contributed by atoms with E-state index in [0.717, 1.165) is 16.5 Å². The topological polar surface area (TPSA) is 68.9 Å². The van der Waals surface area contributed by atoms with Gasteiger partial charge < -0.3 is 19.0 Å². The van der Waals surface area contributed by atoms with E-state index in [-0.39, 0.29) is 5.75 Å². The molecule has 5 heteroatoms. The van der Waals surface area contributed by atoms with E-state index in [1.54, 1.807) is 31.4 Å². The number of ether oxygens (including phenoxy) is 2. The van der Waals surface area contributed by atoms with Gasteiger partial charge in [-0.15, -0.1) is 0 Å². The van der Waals surface area contributed by atoms with Gasteiger partial charge in [-0.2, -0.15) is 0 Å². The summed E-state index contributed by atoms with van der Waals surface area (Å²) in [5, 5.41) is 11.8. The van der Waals surface area contributed by atoms with Crippen LogP contribution >= 0.6 is 0 Å². The van der Waals surface area contributed by atoms with E-state index >= 15 is 0 Å². The summed E-state index contributed by atoms with van der Waals surface area (Å²) in [6, 6.07) is 12.6. The molecule has 146 valence electrons. The quantitative estimate of drug-likeness (QED) is 0.663. The monoisotopic (exact) mass is 380 g/mol. The largest absolute Gasteiger partial charge is 0.504 e. The minimum absolute atomic E-state index is 0.0644. The summed E-state index contributed by atoms with van der Waals surface area (Å²) in [7, 11) is 1.57. The lowest BCUT2D eigenvalue weighted by atomic mass is 9.91. The van der Waals surface area contributed by atoms with Crippen LogP contribution in [0.2, 0.25) is 0 Å². The molecule has 1 heterocycles. The Hall–Kier alpha value is -2.79. The standard InChI is InChI=1S/C23H24O5/c1-23(2,26-3)21-20(16-6-4-5-7-17(16)22(25)28-21)15-10-11-19(18(24)12-15)27-13-14-8-9-14/h4-7,10-12,14,24H,8-9,13H2,1-3H3. The van der Waals surface area contributed by atoms with E-state index in [1.807, 2.05) is 32.0 Å². The minimum Gasteiger partial charge on any atom is -0.504 e. The van der Waals surface area contributed by atoms with Crippen molar-refractivity contribution in [1.29, 1.82) is 0 Å². The number of phenols is 1. The number of fused-ring (bicyclic) bond motifs is 1. The number of phenolic OH excluding ortho intramolecular Hbond substituents is 1. The van der Waals surface area contributed by atoms with Gasteiger partial charge in [0.2, 0.25) is 0 Å². The third-order valence-electron chi connectivity index (χ3n) is 5.31. The van der Waals surface area contributed by atoms with Gasteiger partial charge in [0, 0.05) is 18.1 Å². The van der Waals surface area contributed by atoms with Crippen molar-refractivity contribution in [1.82, 2.24) is 0 Å². The lowest BCUT2D eigenvalue weighted by Crippen LogP contribution is -2.23. The van der Waals surface area contributed by atoms with Crippen LogP contribution in [0.1, 0.15) is 32.4 Å². The van der Waals surface area contributed by atoms with Crippen molar-refractivity contribution in [2.24, 2.45) is 5.92 Å². The first-order valence-electron chi connectivity index (χ1n) is 9.48. The molecule has 28 heavy (non-hydrogen) atoms. The van der Waals surface area contributed by atoms with Crippen LogP contribution in [-0.4, -0.2) is 18.8 Å². The van der Waals surface area contributed by atoms with Crippen LogP contribution in [0.5, 0.6) is 11.5 Å². The third-order valence-corrected chi connectivity index (χ3v) is 5.31. The summed E-state index contributed by atoms with van der Waals surface area (Å²) in [5.74, 6) is 1.55. The molecule has 0 amide bonds. The van der Waals surface area contributed by atoms with Gasteiger partial charge in [-0.3, -0.25) is 0 Å². The van der Waals surface area contributed by atoms with E-state index in [1.165, 1.54) is 12.8 Å². The van der Waals surface area contributed by atoms with Crippen LogP contribution in [0, 0.1) is 5.92 Å². The summed E-state index contributed by atoms with van der Waals surface area (Å²) in [6.07, 6.45) is 2.37. The van der Waals surface area contributed by atoms with Gasteiger partial charge in [0.25, 0.3) is 0 Å². The molecule has 1 N–H and O–H groups in total. The summed E-state index contributed by atoms with van der Waals surface area (Å²) in [4.78, 5) is 12.5. The first-order valence-corrected chi connectivity index (χ1v) is 9.48. The fourth-order valence-corrected chi connectivity index (χ4v) is 3.29. The normalized spacial score (nSPS) is 14.4. The molecule has 0 saturated heterocycles.